The minimum absolute atomic E-state index is 0.262. The van der Waals surface area contributed by atoms with Crippen molar-refractivity contribution in [1.29, 1.82) is 0 Å². The van der Waals surface area contributed by atoms with Crippen LogP contribution in [0.4, 0.5) is 0 Å². The van der Waals surface area contributed by atoms with Crippen LogP contribution in [0, 0.1) is 0 Å². The standard InChI is InChI=1S/C22H23ClI2N2OS2/c1-2-28-22-13-19(15-8-4-3-5-9-15)27(30-25)21-12-20(26(29-24)14-17(21)22)16-10-6-7-11-18(16)23/h3-11,19-21H,2,12-14H2,1H3/t19-,20-,21-/m0/s1. The average Bonchev–Trinajstić information content (AvgIpc) is 2.79. The molecule has 0 spiro atoms. The van der Waals surface area contributed by atoms with Gasteiger partial charge in [-0.2, -0.15) is 0 Å². The van der Waals surface area contributed by atoms with Gasteiger partial charge in [-0.1, -0.05) is 60.1 Å². The summed E-state index contributed by atoms with van der Waals surface area (Å²) in [7, 11) is 3.59. The van der Waals surface area contributed by atoms with Gasteiger partial charge in [0.1, 0.15) is 0 Å². The predicted molar refractivity (Wildman–Crippen MR) is 147 cm³/mol. The highest BCUT2D eigenvalue weighted by molar-refractivity contribution is 14.2. The first-order valence-electron chi connectivity index (χ1n) is 9.94. The summed E-state index contributed by atoms with van der Waals surface area (Å²) in [4.78, 5) is 0. The van der Waals surface area contributed by atoms with E-state index in [-0.39, 0.29) is 6.04 Å². The molecule has 2 aliphatic heterocycles. The van der Waals surface area contributed by atoms with Gasteiger partial charge in [0.05, 0.1) is 18.4 Å². The summed E-state index contributed by atoms with van der Waals surface area (Å²) in [6.45, 7) is 3.67. The van der Waals surface area contributed by atoms with Crippen molar-refractivity contribution in [3.05, 3.63) is 82.1 Å². The molecule has 2 heterocycles. The van der Waals surface area contributed by atoms with E-state index in [4.69, 9.17) is 16.3 Å². The molecular formula is C22H23ClI2N2OS2. The van der Waals surface area contributed by atoms with Gasteiger partial charge in [-0.05, 0) is 48.8 Å². The molecule has 0 aromatic heterocycles. The van der Waals surface area contributed by atoms with Gasteiger partial charge >= 0.3 is 0 Å². The monoisotopic (exact) mass is 684 g/mol. The predicted octanol–water partition coefficient (Wildman–Crippen LogP) is 8.19. The molecule has 0 saturated carbocycles. The topological polar surface area (TPSA) is 15.7 Å². The second-order valence-electron chi connectivity index (χ2n) is 7.37. The van der Waals surface area contributed by atoms with Crippen LogP contribution in [0.15, 0.2) is 65.9 Å². The van der Waals surface area contributed by atoms with Crippen molar-refractivity contribution in [2.75, 3.05) is 13.2 Å². The Morgan fingerprint density at radius 1 is 1.00 bits per heavy atom. The molecule has 0 bridgehead atoms. The fraction of sp³-hybridized carbons (Fsp3) is 0.364. The molecule has 3 nitrogen and oxygen atoms in total. The number of rotatable bonds is 6. The molecule has 0 amide bonds. The molecule has 1 saturated heterocycles. The van der Waals surface area contributed by atoms with Crippen LogP contribution in [-0.4, -0.2) is 27.8 Å². The summed E-state index contributed by atoms with van der Waals surface area (Å²) >= 11 is 11.5. The number of hydrogen-bond donors (Lipinski definition) is 0. The van der Waals surface area contributed by atoms with Crippen LogP contribution in [-0.2, 0) is 4.74 Å². The van der Waals surface area contributed by atoms with Crippen LogP contribution in [0.25, 0.3) is 0 Å². The highest BCUT2D eigenvalue weighted by Gasteiger charge is 2.44. The smallest absolute Gasteiger partial charge is 0.1000 e. The summed E-state index contributed by atoms with van der Waals surface area (Å²) in [6.07, 6.45) is 1.90. The lowest BCUT2D eigenvalue weighted by atomic mass is 9.84. The van der Waals surface area contributed by atoms with Crippen molar-refractivity contribution in [1.82, 2.24) is 8.61 Å². The molecule has 2 aromatic carbocycles. The van der Waals surface area contributed by atoms with Gasteiger partial charge in [0.2, 0.25) is 0 Å². The van der Waals surface area contributed by atoms with E-state index >= 15 is 0 Å². The van der Waals surface area contributed by atoms with Crippen molar-refractivity contribution in [3.8, 4) is 0 Å². The lowest BCUT2D eigenvalue weighted by Gasteiger charge is -2.48. The molecule has 2 aliphatic rings. The van der Waals surface area contributed by atoms with Gasteiger partial charge in [0.25, 0.3) is 0 Å². The van der Waals surface area contributed by atoms with E-state index in [1.165, 1.54) is 22.5 Å². The molecular weight excluding hydrogens is 662 g/mol. The molecule has 30 heavy (non-hydrogen) atoms. The zero-order valence-corrected chi connectivity index (χ0v) is 23.2. The van der Waals surface area contributed by atoms with Gasteiger partial charge in [-0.15, -0.1) is 0 Å². The molecule has 8 heteroatoms. The summed E-state index contributed by atoms with van der Waals surface area (Å²) in [5, 5.41) is 0.847. The first-order chi connectivity index (χ1) is 14.7. The maximum Gasteiger partial charge on any atom is 0.1000 e. The van der Waals surface area contributed by atoms with Crippen LogP contribution in [0.2, 0.25) is 5.02 Å². The van der Waals surface area contributed by atoms with Gasteiger partial charge in [0.15, 0.2) is 0 Å². The molecule has 2 aromatic rings. The number of piperidine rings is 1. The second kappa shape index (κ2) is 11.0. The third-order valence-electron chi connectivity index (χ3n) is 5.81. The first-order valence-corrected chi connectivity index (χ1v) is 16.9. The first kappa shape index (κ1) is 23.5. The highest BCUT2D eigenvalue weighted by atomic mass is 127. The Morgan fingerprint density at radius 3 is 2.40 bits per heavy atom. The third-order valence-corrected chi connectivity index (χ3v) is 10.3. The molecule has 3 atom stereocenters. The van der Waals surface area contributed by atoms with E-state index in [2.05, 4.69) is 100 Å². The van der Waals surface area contributed by atoms with Gasteiger partial charge in [0, 0.05) is 78.1 Å². The SMILES string of the molecule is CCOC1=C2CN(SI)[C@H](c3ccccc3Cl)C[C@@H]2N(SI)[C@H](c2ccccc2)C1. The Bertz CT molecular complexity index is 902. The molecule has 4 rings (SSSR count). The highest BCUT2D eigenvalue weighted by Crippen LogP contribution is 2.51. The number of benzene rings is 2. The third kappa shape index (κ3) is 4.82. The zero-order valence-electron chi connectivity index (χ0n) is 16.5. The maximum atomic E-state index is 6.63. The largest absolute Gasteiger partial charge is 0.498 e. The molecule has 1 fully saturated rings. The zero-order chi connectivity index (χ0) is 21.1. The lowest BCUT2D eigenvalue weighted by molar-refractivity contribution is 0.129. The van der Waals surface area contributed by atoms with Crippen LogP contribution < -0.4 is 0 Å². The molecule has 0 unspecified atom stereocenters. The molecule has 0 N–H and O–H groups in total. The number of nitrogens with zero attached hydrogens (tertiary/aromatic N) is 2. The van der Waals surface area contributed by atoms with Crippen molar-refractivity contribution in [2.45, 2.75) is 37.9 Å². The number of ether oxygens (including phenoxy) is 1. The van der Waals surface area contributed by atoms with E-state index < -0.39 is 0 Å². The second-order valence-corrected chi connectivity index (χ2v) is 11.3. The van der Waals surface area contributed by atoms with Crippen LogP contribution >= 0.6 is 72.3 Å². The summed E-state index contributed by atoms with van der Waals surface area (Å²) in [5.41, 5.74) is 3.97. The quantitative estimate of drug-likeness (QED) is 0.225. The van der Waals surface area contributed by atoms with Gasteiger partial charge in [-0.25, -0.2) is 8.61 Å². The van der Waals surface area contributed by atoms with Crippen LogP contribution in [0.1, 0.15) is 43.0 Å². The van der Waals surface area contributed by atoms with E-state index in [0.717, 1.165) is 24.4 Å². The Labute approximate surface area is 216 Å². The lowest BCUT2D eigenvalue weighted by Crippen LogP contribution is -2.47. The number of halogens is 3. The summed E-state index contributed by atoms with van der Waals surface area (Å²) in [5.74, 6) is 1.17. The Kier molecular flexibility index (Phi) is 8.60. The van der Waals surface area contributed by atoms with E-state index in [1.54, 1.807) is 9.12 Å². The van der Waals surface area contributed by atoms with Crippen molar-refractivity contribution >= 4 is 72.3 Å². The van der Waals surface area contributed by atoms with Crippen LogP contribution in [0.3, 0.4) is 0 Å². The van der Waals surface area contributed by atoms with Crippen molar-refractivity contribution in [3.63, 3.8) is 0 Å². The Morgan fingerprint density at radius 2 is 1.73 bits per heavy atom. The van der Waals surface area contributed by atoms with E-state index in [1.807, 2.05) is 21.3 Å². The van der Waals surface area contributed by atoms with Gasteiger partial charge < -0.3 is 4.74 Å². The normalized spacial score (nSPS) is 25.3. The number of fused-ring (bicyclic) bond motifs is 1. The molecule has 0 radical (unpaired) electrons. The minimum atomic E-state index is 0.262. The van der Waals surface area contributed by atoms with Gasteiger partial charge in [-0.3, -0.25) is 0 Å². The van der Waals surface area contributed by atoms with Crippen LogP contribution in [0.5, 0.6) is 0 Å². The van der Waals surface area contributed by atoms with E-state index in [0.29, 0.717) is 18.7 Å². The van der Waals surface area contributed by atoms with Crippen molar-refractivity contribution < 1.29 is 4.74 Å². The van der Waals surface area contributed by atoms with Crippen molar-refractivity contribution in [2.24, 2.45) is 0 Å². The summed E-state index contributed by atoms with van der Waals surface area (Å²) in [6, 6.07) is 20.0. The Hall–Kier alpha value is 0.350. The number of hydrogen-bond acceptors (Lipinski definition) is 5. The Balaban J connectivity index is 1.76. The summed E-state index contributed by atoms with van der Waals surface area (Å²) < 4.78 is 11.3. The van der Waals surface area contributed by atoms with E-state index in [9.17, 15) is 0 Å². The average molecular weight is 685 g/mol. The molecule has 160 valence electrons. The fourth-order valence-corrected chi connectivity index (χ4v) is 8.70. The molecule has 0 aliphatic carbocycles. The maximum absolute atomic E-state index is 6.63. The fourth-order valence-electron chi connectivity index (χ4n) is 4.46. The minimum Gasteiger partial charge on any atom is -0.498 e.